The van der Waals surface area contributed by atoms with Crippen molar-refractivity contribution in [3.8, 4) is 0 Å². The van der Waals surface area contributed by atoms with Gasteiger partial charge in [-0.2, -0.15) is 0 Å². The fourth-order valence-corrected chi connectivity index (χ4v) is 1.97. The third-order valence-corrected chi connectivity index (χ3v) is 2.92. The fraction of sp³-hybridized carbons (Fsp3) is 0.500. The van der Waals surface area contributed by atoms with Gasteiger partial charge >= 0.3 is 0 Å². The zero-order chi connectivity index (χ0) is 9.97. The van der Waals surface area contributed by atoms with Gasteiger partial charge in [0, 0.05) is 12.6 Å². The summed E-state index contributed by atoms with van der Waals surface area (Å²) in [6, 6.07) is 7.03. The number of hydrogen-bond donors (Lipinski definition) is 2. The van der Waals surface area contributed by atoms with Crippen molar-refractivity contribution >= 4 is 11.4 Å². The Morgan fingerprint density at radius 1 is 1.43 bits per heavy atom. The van der Waals surface area contributed by atoms with Crippen molar-refractivity contribution in [2.45, 2.75) is 32.7 Å². The third-order valence-electron chi connectivity index (χ3n) is 2.92. The van der Waals surface area contributed by atoms with Gasteiger partial charge in [0.15, 0.2) is 0 Å². The first-order valence-corrected chi connectivity index (χ1v) is 5.41. The molecule has 0 saturated carbocycles. The summed E-state index contributed by atoms with van der Waals surface area (Å²) in [6.07, 6.45) is 2.39. The fourth-order valence-electron chi connectivity index (χ4n) is 1.97. The molecular weight excluding hydrogens is 172 g/mol. The number of aryl methyl sites for hydroxylation is 1. The van der Waals surface area contributed by atoms with Gasteiger partial charge in [-0.15, -0.1) is 0 Å². The Labute approximate surface area is 85.7 Å². The van der Waals surface area contributed by atoms with E-state index in [1.807, 2.05) is 0 Å². The second-order valence-electron chi connectivity index (χ2n) is 3.96. The zero-order valence-corrected chi connectivity index (χ0v) is 8.93. The van der Waals surface area contributed by atoms with Crippen LogP contribution in [0.15, 0.2) is 18.2 Å². The summed E-state index contributed by atoms with van der Waals surface area (Å²) < 4.78 is 0. The van der Waals surface area contributed by atoms with Crippen LogP contribution in [0.4, 0.5) is 11.4 Å². The van der Waals surface area contributed by atoms with Gasteiger partial charge in [0.1, 0.15) is 0 Å². The summed E-state index contributed by atoms with van der Waals surface area (Å²) in [5.74, 6) is 0. The second kappa shape index (κ2) is 3.91. The normalized spacial score (nSPS) is 20.3. The predicted molar refractivity (Wildman–Crippen MR) is 62.0 cm³/mol. The summed E-state index contributed by atoms with van der Waals surface area (Å²) in [5, 5.41) is 7.08. The minimum Gasteiger partial charge on any atom is -0.383 e. The lowest BCUT2D eigenvalue weighted by atomic mass is 10.1. The average molecular weight is 190 g/mol. The van der Waals surface area contributed by atoms with Crippen molar-refractivity contribution < 1.29 is 0 Å². The lowest BCUT2D eigenvalue weighted by Crippen LogP contribution is -2.18. The summed E-state index contributed by atoms with van der Waals surface area (Å²) >= 11 is 0. The molecule has 1 heterocycles. The number of benzene rings is 1. The molecule has 1 atom stereocenters. The van der Waals surface area contributed by atoms with Crippen LogP contribution in [0.3, 0.4) is 0 Å². The van der Waals surface area contributed by atoms with E-state index in [9.17, 15) is 0 Å². The van der Waals surface area contributed by atoms with Gasteiger partial charge in [0.2, 0.25) is 0 Å². The van der Waals surface area contributed by atoms with Crippen molar-refractivity contribution in [3.05, 3.63) is 23.8 Å². The van der Waals surface area contributed by atoms with Crippen molar-refractivity contribution in [2.75, 3.05) is 17.2 Å². The van der Waals surface area contributed by atoms with Gasteiger partial charge in [0.25, 0.3) is 0 Å². The first-order valence-electron chi connectivity index (χ1n) is 5.41. The number of fused-ring (bicyclic) bond motifs is 1. The van der Waals surface area contributed by atoms with Gasteiger partial charge in [0.05, 0.1) is 11.4 Å². The van der Waals surface area contributed by atoms with Crippen LogP contribution in [0.1, 0.15) is 25.3 Å². The number of anilines is 2. The number of para-hydroxylation sites is 1. The first kappa shape index (κ1) is 9.38. The summed E-state index contributed by atoms with van der Waals surface area (Å²) in [6.45, 7) is 5.47. The number of rotatable bonds is 1. The second-order valence-corrected chi connectivity index (χ2v) is 3.96. The standard InChI is InChI=1S/C12H18N2/c1-3-10-7-8-13-11-6-4-5-9(2)12(11)14-10/h4-6,10,13-14H,3,7-8H2,1-2H3. The van der Waals surface area contributed by atoms with Crippen LogP contribution in [0.2, 0.25) is 0 Å². The molecule has 0 saturated heterocycles. The number of hydrogen-bond acceptors (Lipinski definition) is 2. The molecule has 1 aliphatic heterocycles. The summed E-state index contributed by atoms with van der Waals surface area (Å²) in [4.78, 5) is 0. The molecule has 0 spiro atoms. The van der Waals surface area contributed by atoms with E-state index in [1.54, 1.807) is 0 Å². The van der Waals surface area contributed by atoms with E-state index in [4.69, 9.17) is 0 Å². The molecule has 0 aromatic heterocycles. The van der Waals surface area contributed by atoms with Crippen LogP contribution in [0.5, 0.6) is 0 Å². The maximum absolute atomic E-state index is 3.61. The van der Waals surface area contributed by atoms with E-state index in [2.05, 4.69) is 42.7 Å². The molecule has 1 aromatic rings. The highest BCUT2D eigenvalue weighted by molar-refractivity contribution is 5.73. The van der Waals surface area contributed by atoms with E-state index < -0.39 is 0 Å². The Bertz CT molecular complexity index is 320. The predicted octanol–water partition coefficient (Wildman–Crippen LogP) is 3.00. The van der Waals surface area contributed by atoms with Crippen molar-refractivity contribution in [1.82, 2.24) is 0 Å². The highest BCUT2D eigenvalue weighted by Crippen LogP contribution is 2.29. The zero-order valence-electron chi connectivity index (χ0n) is 8.93. The van der Waals surface area contributed by atoms with Crippen LogP contribution in [0, 0.1) is 6.92 Å². The Morgan fingerprint density at radius 2 is 2.29 bits per heavy atom. The molecular formula is C12H18N2. The molecule has 2 N–H and O–H groups in total. The first-order chi connectivity index (χ1) is 6.81. The van der Waals surface area contributed by atoms with Gasteiger partial charge in [-0.05, 0) is 31.4 Å². The van der Waals surface area contributed by atoms with Gasteiger partial charge < -0.3 is 10.6 Å². The molecule has 0 aliphatic carbocycles. The smallest absolute Gasteiger partial charge is 0.0607 e. The number of nitrogens with one attached hydrogen (secondary N) is 2. The van der Waals surface area contributed by atoms with Gasteiger partial charge in [-0.1, -0.05) is 19.1 Å². The molecule has 2 nitrogen and oxygen atoms in total. The molecule has 1 unspecified atom stereocenters. The molecule has 1 aliphatic rings. The minimum atomic E-state index is 0.616. The Balaban J connectivity index is 2.33. The largest absolute Gasteiger partial charge is 0.383 e. The summed E-state index contributed by atoms with van der Waals surface area (Å²) in [5.41, 5.74) is 3.87. The highest BCUT2D eigenvalue weighted by atomic mass is 15.0. The maximum Gasteiger partial charge on any atom is 0.0607 e. The quantitative estimate of drug-likeness (QED) is 0.711. The van der Waals surface area contributed by atoms with E-state index in [-0.39, 0.29) is 0 Å². The molecule has 0 amide bonds. The summed E-state index contributed by atoms with van der Waals surface area (Å²) in [7, 11) is 0. The topological polar surface area (TPSA) is 24.1 Å². The molecule has 2 rings (SSSR count). The lowest BCUT2D eigenvalue weighted by Gasteiger charge is -2.16. The van der Waals surface area contributed by atoms with E-state index in [1.165, 1.54) is 29.8 Å². The van der Waals surface area contributed by atoms with E-state index in [0.717, 1.165) is 6.54 Å². The SMILES string of the molecule is CCC1CCNc2cccc(C)c2N1. The van der Waals surface area contributed by atoms with Crippen LogP contribution < -0.4 is 10.6 Å². The Kier molecular flexibility index (Phi) is 2.62. The average Bonchev–Trinajstić information content (AvgIpc) is 2.40. The molecule has 0 radical (unpaired) electrons. The monoisotopic (exact) mass is 190 g/mol. The molecule has 76 valence electrons. The van der Waals surface area contributed by atoms with Crippen LogP contribution >= 0.6 is 0 Å². The molecule has 0 fully saturated rings. The maximum atomic E-state index is 3.61. The third kappa shape index (κ3) is 1.69. The molecule has 0 bridgehead atoms. The Morgan fingerprint density at radius 3 is 3.07 bits per heavy atom. The lowest BCUT2D eigenvalue weighted by molar-refractivity contribution is 0.661. The van der Waals surface area contributed by atoms with Crippen LogP contribution in [-0.2, 0) is 0 Å². The van der Waals surface area contributed by atoms with Gasteiger partial charge in [-0.3, -0.25) is 0 Å². The molecule has 2 heteroatoms. The highest BCUT2D eigenvalue weighted by Gasteiger charge is 2.14. The van der Waals surface area contributed by atoms with Crippen LogP contribution in [0.25, 0.3) is 0 Å². The van der Waals surface area contributed by atoms with Crippen molar-refractivity contribution in [1.29, 1.82) is 0 Å². The molecule has 1 aromatic carbocycles. The van der Waals surface area contributed by atoms with Crippen LogP contribution in [-0.4, -0.2) is 12.6 Å². The van der Waals surface area contributed by atoms with Crippen molar-refractivity contribution in [2.24, 2.45) is 0 Å². The molecule has 14 heavy (non-hydrogen) atoms. The van der Waals surface area contributed by atoms with Crippen molar-refractivity contribution in [3.63, 3.8) is 0 Å². The van der Waals surface area contributed by atoms with E-state index in [0.29, 0.717) is 6.04 Å². The van der Waals surface area contributed by atoms with E-state index >= 15 is 0 Å². The Hall–Kier alpha value is -1.18. The minimum absolute atomic E-state index is 0.616. The van der Waals surface area contributed by atoms with Gasteiger partial charge in [-0.25, -0.2) is 0 Å².